The summed E-state index contributed by atoms with van der Waals surface area (Å²) >= 11 is 0. The molecule has 1 unspecified atom stereocenters. The third kappa shape index (κ3) is 32.6. The predicted molar refractivity (Wildman–Crippen MR) is 205 cm³/mol. The van der Waals surface area contributed by atoms with Crippen LogP contribution in [0.15, 0.2) is 30.9 Å². The van der Waals surface area contributed by atoms with Gasteiger partial charge in [-0.25, -0.2) is 0 Å². The van der Waals surface area contributed by atoms with Crippen LogP contribution in [0, 0.1) is 0 Å². The molecule has 1 aromatic carbocycles. The number of rotatable bonds is 43. The lowest BCUT2D eigenvalue weighted by molar-refractivity contribution is -0.0258. The average Bonchev–Trinajstić information content (AvgIpc) is 3.17. The minimum atomic E-state index is -4.14. The Morgan fingerprint density at radius 3 is 1.37 bits per heavy atom. The highest BCUT2D eigenvalue weighted by atomic mass is 32.3. The van der Waals surface area contributed by atoms with E-state index in [0.717, 1.165) is 18.6 Å². The molecule has 15 nitrogen and oxygen atoms in total. The van der Waals surface area contributed by atoms with Crippen molar-refractivity contribution >= 4 is 10.8 Å². The van der Waals surface area contributed by atoms with Crippen molar-refractivity contribution < 1.29 is 64.6 Å². The fraction of sp³-hybridized carbons (Fsp3) is 0.789. The summed E-state index contributed by atoms with van der Waals surface area (Å²) in [5.41, 5.74) is 2.55. The Bertz CT molecular complexity index is 1020. The summed E-state index contributed by atoms with van der Waals surface area (Å²) in [5.74, 6) is 5.44. The number of nitrogens with two attached hydrogens (primary N) is 1. The molecule has 54 heavy (non-hydrogen) atoms. The van der Waals surface area contributed by atoms with Crippen molar-refractivity contribution in [1.29, 1.82) is 0 Å². The number of hydrogen-bond acceptors (Lipinski definition) is 14. The lowest BCUT2D eigenvalue weighted by atomic mass is 10.0. The maximum Gasteiger partial charge on any atom is 0.564 e. The van der Waals surface area contributed by atoms with E-state index in [-0.39, 0.29) is 19.8 Å². The quantitative estimate of drug-likeness (QED) is 0.0413. The van der Waals surface area contributed by atoms with Gasteiger partial charge in [-0.05, 0) is 40.7 Å². The molecule has 0 aliphatic carbocycles. The van der Waals surface area contributed by atoms with Crippen LogP contribution in [0.4, 0.5) is 0 Å². The first kappa shape index (κ1) is 50.4. The summed E-state index contributed by atoms with van der Waals surface area (Å²) in [6.07, 6.45) is 13.1. The Hall–Kier alpha value is -1.61. The van der Waals surface area contributed by atoms with Crippen LogP contribution in [0.5, 0.6) is 5.75 Å². The zero-order valence-electron chi connectivity index (χ0n) is 32.7. The molecule has 0 amide bonds. The molecule has 0 fully saturated rings. The van der Waals surface area contributed by atoms with Crippen molar-refractivity contribution in [2.45, 2.75) is 64.7 Å². The van der Waals surface area contributed by atoms with Crippen LogP contribution in [-0.4, -0.2) is 132 Å². The molecule has 315 valence electrons. The van der Waals surface area contributed by atoms with Gasteiger partial charge in [0.2, 0.25) is 0 Å². The van der Waals surface area contributed by atoms with Gasteiger partial charge in [-0.15, -0.1) is 10.8 Å². The van der Waals surface area contributed by atoms with Gasteiger partial charge >= 0.3 is 10.8 Å². The molecule has 0 saturated heterocycles. The maximum atomic E-state index is 10.8. The van der Waals surface area contributed by atoms with Crippen LogP contribution in [0.25, 0.3) is 0 Å². The summed E-state index contributed by atoms with van der Waals surface area (Å²) in [4.78, 5) is 0. The zero-order valence-corrected chi connectivity index (χ0v) is 33.5. The van der Waals surface area contributed by atoms with E-state index < -0.39 is 10.8 Å². The van der Waals surface area contributed by atoms with Crippen molar-refractivity contribution in [3.8, 4) is 5.75 Å². The average molecular weight is 796 g/mol. The molecule has 1 atom stereocenters. The van der Waals surface area contributed by atoms with Crippen molar-refractivity contribution in [1.82, 2.24) is 0 Å². The predicted octanol–water partition coefficient (Wildman–Crippen LogP) is 4.82. The first-order chi connectivity index (χ1) is 26.5. The molecular weight excluding hydrogens is 726 g/mol. The third-order valence-electron chi connectivity index (χ3n) is 7.59. The van der Waals surface area contributed by atoms with Gasteiger partial charge in [-0.3, -0.25) is 0 Å². The standard InChI is InChI=1S/C38H69NO14S/c1-3-5-6-7-8-9-10-12-36-13-14-38(37(35-36)11-4-2)51-33-31-49-29-27-47-25-23-45-21-19-43-17-15-42-16-18-44-20-22-46-24-26-48-28-30-50-32-34-52-54(40,41)53-39/h4,13-14,35H,2-3,5-12,15-34,39H2,1H3/q+1. The van der Waals surface area contributed by atoms with Crippen LogP contribution in [0.3, 0.4) is 0 Å². The summed E-state index contributed by atoms with van der Waals surface area (Å²) in [5, 5.41) is 0. The van der Waals surface area contributed by atoms with Crippen LogP contribution >= 0.6 is 0 Å². The highest BCUT2D eigenvalue weighted by Crippen LogP contribution is 2.23. The molecule has 2 N–H and O–H groups in total. The summed E-state index contributed by atoms with van der Waals surface area (Å²) in [6.45, 7) is 14.2. The molecule has 0 spiro atoms. The minimum absolute atomic E-state index is 0.0617. The van der Waals surface area contributed by atoms with E-state index in [0.29, 0.717) is 112 Å². The van der Waals surface area contributed by atoms with E-state index in [4.69, 9.17) is 47.4 Å². The van der Waals surface area contributed by atoms with E-state index in [9.17, 15) is 8.76 Å². The molecule has 16 heteroatoms. The summed E-state index contributed by atoms with van der Waals surface area (Å²) in [7, 11) is -4.14. The molecule has 0 aromatic heterocycles. The summed E-state index contributed by atoms with van der Waals surface area (Å²) in [6, 6.07) is 6.53. The van der Waals surface area contributed by atoms with Gasteiger partial charge in [0.25, 0.3) is 0 Å². The lowest BCUT2D eigenvalue weighted by Crippen LogP contribution is -2.22. The molecule has 1 aromatic rings. The molecular formula is C38H69NO14S+. The van der Waals surface area contributed by atoms with E-state index in [1.165, 1.54) is 56.1 Å². The van der Waals surface area contributed by atoms with E-state index in [2.05, 4.69) is 46.1 Å². The van der Waals surface area contributed by atoms with Crippen LogP contribution in [0.2, 0.25) is 0 Å². The molecule has 0 aliphatic heterocycles. The van der Waals surface area contributed by atoms with Gasteiger partial charge in [0.1, 0.15) is 23.5 Å². The zero-order chi connectivity index (χ0) is 39.1. The van der Waals surface area contributed by atoms with Gasteiger partial charge in [-0.1, -0.05) is 63.7 Å². The molecule has 0 saturated carbocycles. The van der Waals surface area contributed by atoms with E-state index >= 15 is 0 Å². The van der Waals surface area contributed by atoms with Crippen LogP contribution in [0.1, 0.15) is 63.0 Å². The second-order valence-corrected chi connectivity index (χ2v) is 13.2. The van der Waals surface area contributed by atoms with Crippen molar-refractivity contribution in [2.75, 3.05) is 132 Å². The highest BCUT2D eigenvalue weighted by molar-refractivity contribution is 7.88. The van der Waals surface area contributed by atoms with Gasteiger partial charge in [0.05, 0.1) is 119 Å². The Morgan fingerprint density at radius 1 is 0.574 bits per heavy atom. The highest BCUT2D eigenvalue weighted by Gasteiger charge is 2.32. The molecule has 0 heterocycles. The van der Waals surface area contributed by atoms with Gasteiger partial charge in [0.15, 0.2) is 0 Å². The monoisotopic (exact) mass is 795 g/mol. The normalized spacial score (nSPS) is 12.6. The number of ether oxygens (including phenoxy) is 10. The smallest absolute Gasteiger partial charge is 0.491 e. The van der Waals surface area contributed by atoms with Crippen molar-refractivity contribution in [3.63, 3.8) is 0 Å². The Kier molecular flexibility index (Phi) is 35.7. The number of allylic oxidation sites excluding steroid dienone is 1. The van der Waals surface area contributed by atoms with Crippen LogP contribution < -0.4 is 10.6 Å². The molecule has 1 rings (SSSR count). The second kappa shape index (κ2) is 38.3. The topological polar surface area (TPSA) is 174 Å². The fourth-order valence-corrected chi connectivity index (χ4v) is 5.15. The number of benzene rings is 1. The molecule has 0 aliphatic rings. The summed E-state index contributed by atoms with van der Waals surface area (Å²) < 4.78 is 84.8. The molecule has 0 bridgehead atoms. The Balaban J connectivity index is 1.80. The number of aryl methyl sites for hydroxylation is 1. The SMILES string of the molecule is C=CCc1cc(CCCCCCCCC)ccc1OCCOCCOCCOCCOCCOCCOCCOCCOCCOCCO[S+]([O])(=O)ON. The maximum absolute atomic E-state index is 10.8. The number of hydrogen-bond donors (Lipinski definition) is 1. The fourth-order valence-electron chi connectivity index (χ4n) is 4.83. The van der Waals surface area contributed by atoms with Gasteiger partial charge in [0, 0.05) is 4.21 Å². The third-order valence-corrected chi connectivity index (χ3v) is 8.28. The van der Waals surface area contributed by atoms with Crippen molar-refractivity contribution in [2.24, 2.45) is 5.90 Å². The first-order valence-corrected chi connectivity index (χ1v) is 20.7. The van der Waals surface area contributed by atoms with Crippen LogP contribution in [-0.2, 0) is 83.5 Å². The molecule has 1 radical (unpaired) electrons. The Morgan fingerprint density at radius 2 is 0.963 bits per heavy atom. The second-order valence-electron chi connectivity index (χ2n) is 12.0. The Labute approximate surface area is 325 Å². The number of unbranched alkanes of at least 4 members (excludes halogenated alkanes) is 6. The van der Waals surface area contributed by atoms with Gasteiger partial charge < -0.3 is 47.4 Å². The lowest BCUT2D eigenvalue weighted by Gasteiger charge is -2.13. The van der Waals surface area contributed by atoms with E-state index in [1.807, 2.05) is 6.08 Å². The largest absolute Gasteiger partial charge is 0.564 e. The van der Waals surface area contributed by atoms with E-state index in [1.54, 1.807) is 0 Å². The first-order valence-electron chi connectivity index (χ1n) is 19.3. The van der Waals surface area contributed by atoms with Gasteiger partial charge in [-0.2, -0.15) is 5.90 Å². The minimum Gasteiger partial charge on any atom is -0.491 e. The van der Waals surface area contributed by atoms with Crippen molar-refractivity contribution in [3.05, 3.63) is 42.0 Å².